The maximum Gasteiger partial charge on any atom is 0.244 e. The number of para-hydroxylation sites is 1. The van der Waals surface area contributed by atoms with Gasteiger partial charge < -0.3 is 11.1 Å². The standard InChI is InChI=1S/C18H19N9O4S3/c19-18-22-15-11(2-1-3-12(15)32-18)10-4-5-13(34(30,31)27-8-6-21-7-9-27)16(33(20,28)29)14(10)17-23-25-26-24-17/h1-5,21H,6-9H2,(H2,19,22)(H2,20,28,29)(H,23,24,25,26). The van der Waals surface area contributed by atoms with Crippen LogP contribution in [0.5, 0.6) is 0 Å². The lowest BCUT2D eigenvalue weighted by atomic mass is 9.98. The predicted octanol–water partition coefficient (Wildman–Crippen LogP) is -0.0331. The number of H-pyrrole nitrogens is 1. The number of tetrazole rings is 1. The van der Waals surface area contributed by atoms with Crippen molar-refractivity contribution in [3.8, 4) is 22.5 Å². The lowest BCUT2D eigenvalue weighted by molar-refractivity contribution is 0.359. The molecule has 2 aromatic carbocycles. The van der Waals surface area contributed by atoms with Crippen LogP contribution in [0.4, 0.5) is 5.13 Å². The molecule has 2 aromatic heterocycles. The Balaban J connectivity index is 1.87. The molecule has 1 aliphatic heterocycles. The maximum absolute atomic E-state index is 13.5. The Labute approximate surface area is 198 Å². The first-order valence-electron chi connectivity index (χ1n) is 9.98. The average Bonchev–Trinajstić information content (AvgIpc) is 3.47. The van der Waals surface area contributed by atoms with Crippen LogP contribution in [0.3, 0.4) is 0 Å². The number of anilines is 1. The fourth-order valence-corrected chi connectivity index (χ4v) is 7.75. The van der Waals surface area contributed by atoms with Gasteiger partial charge in [0.15, 0.2) is 5.13 Å². The number of thiazole rings is 1. The number of hydrogen-bond acceptors (Lipinski definition) is 11. The molecular weight excluding hydrogens is 502 g/mol. The second-order valence-electron chi connectivity index (χ2n) is 7.45. The molecule has 0 bridgehead atoms. The monoisotopic (exact) mass is 521 g/mol. The number of nitrogens with two attached hydrogens (primary N) is 2. The van der Waals surface area contributed by atoms with E-state index in [9.17, 15) is 16.8 Å². The maximum atomic E-state index is 13.5. The first kappa shape index (κ1) is 22.8. The fraction of sp³-hybridized carbons (Fsp3) is 0.222. The van der Waals surface area contributed by atoms with Gasteiger partial charge in [0, 0.05) is 31.7 Å². The van der Waals surface area contributed by atoms with Gasteiger partial charge in [-0.1, -0.05) is 29.5 Å². The number of hydrogen-bond donors (Lipinski definition) is 4. The van der Waals surface area contributed by atoms with Gasteiger partial charge in [-0.2, -0.15) is 9.52 Å². The lowest BCUT2D eigenvalue weighted by Crippen LogP contribution is -2.46. The third-order valence-corrected chi connectivity index (χ3v) is 9.31. The number of primary sulfonamides is 1. The van der Waals surface area contributed by atoms with Gasteiger partial charge in [0.25, 0.3) is 0 Å². The van der Waals surface area contributed by atoms with Crippen LogP contribution in [-0.4, -0.2) is 72.9 Å². The largest absolute Gasteiger partial charge is 0.375 e. The Morgan fingerprint density at radius 3 is 2.47 bits per heavy atom. The number of rotatable bonds is 5. The van der Waals surface area contributed by atoms with Crippen molar-refractivity contribution in [3.05, 3.63) is 30.3 Å². The van der Waals surface area contributed by atoms with Crippen LogP contribution in [0.1, 0.15) is 0 Å². The van der Waals surface area contributed by atoms with Crippen LogP contribution < -0.4 is 16.2 Å². The fourth-order valence-electron chi connectivity index (χ4n) is 3.97. The molecule has 178 valence electrons. The van der Waals surface area contributed by atoms with E-state index in [2.05, 4.69) is 30.9 Å². The summed E-state index contributed by atoms with van der Waals surface area (Å²) in [5, 5.41) is 22.7. The minimum Gasteiger partial charge on any atom is -0.375 e. The zero-order valence-electron chi connectivity index (χ0n) is 17.5. The van der Waals surface area contributed by atoms with Crippen molar-refractivity contribution in [1.29, 1.82) is 0 Å². The number of aromatic nitrogens is 5. The van der Waals surface area contributed by atoms with Crippen molar-refractivity contribution in [2.45, 2.75) is 9.79 Å². The number of fused-ring (bicyclic) bond motifs is 1. The molecule has 4 aromatic rings. The van der Waals surface area contributed by atoms with Crippen molar-refractivity contribution < 1.29 is 16.8 Å². The molecule has 0 spiro atoms. The molecule has 0 radical (unpaired) electrons. The van der Waals surface area contributed by atoms with E-state index in [0.29, 0.717) is 34.9 Å². The van der Waals surface area contributed by atoms with Gasteiger partial charge in [0.2, 0.25) is 25.9 Å². The predicted molar refractivity (Wildman–Crippen MR) is 126 cm³/mol. The summed E-state index contributed by atoms with van der Waals surface area (Å²) in [5.74, 6) is -0.128. The summed E-state index contributed by atoms with van der Waals surface area (Å²) in [7, 11) is -8.79. The molecule has 13 nitrogen and oxygen atoms in total. The lowest BCUT2D eigenvalue weighted by Gasteiger charge is -2.28. The van der Waals surface area contributed by atoms with E-state index in [1.54, 1.807) is 12.1 Å². The molecule has 1 fully saturated rings. The second kappa shape index (κ2) is 8.33. The molecule has 3 heterocycles. The molecule has 6 N–H and O–H groups in total. The Morgan fingerprint density at radius 2 is 1.79 bits per heavy atom. The van der Waals surface area contributed by atoms with Crippen LogP contribution in [0.2, 0.25) is 0 Å². The highest BCUT2D eigenvalue weighted by molar-refractivity contribution is 7.92. The van der Waals surface area contributed by atoms with E-state index in [4.69, 9.17) is 10.9 Å². The topological polar surface area (TPSA) is 203 Å². The van der Waals surface area contributed by atoms with Crippen LogP contribution in [0.15, 0.2) is 40.1 Å². The van der Waals surface area contributed by atoms with Crippen LogP contribution in [0, 0.1) is 0 Å². The van der Waals surface area contributed by atoms with Crippen molar-refractivity contribution in [3.63, 3.8) is 0 Å². The Morgan fingerprint density at radius 1 is 1.03 bits per heavy atom. The molecular formula is C18H19N9O4S3. The number of nitrogens with one attached hydrogen (secondary N) is 2. The molecule has 34 heavy (non-hydrogen) atoms. The summed E-state index contributed by atoms with van der Waals surface area (Å²) in [6, 6.07) is 8.05. The summed E-state index contributed by atoms with van der Waals surface area (Å²) < 4.78 is 54.9. The first-order valence-corrected chi connectivity index (χ1v) is 13.8. The molecule has 5 rings (SSSR count). The minimum absolute atomic E-state index is 0.0912. The third kappa shape index (κ3) is 3.83. The number of piperazine rings is 1. The van der Waals surface area contributed by atoms with Gasteiger partial charge in [-0.3, -0.25) is 0 Å². The van der Waals surface area contributed by atoms with E-state index in [1.807, 2.05) is 6.07 Å². The second-order valence-corrected chi connectivity index (χ2v) is 11.9. The number of aromatic amines is 1. The van der Waals surface area contributed by atoms with E-state index in [0.717, 1.165) is 4.70 Å². The number of nitrogen functional groups attached to an aromatic ring is 1. The Hall–Kier alpha value is -3.02. The summed E-state index contributed by atoms with van der Waals surface area (Å²) in [6.07, 6.45) is 0. The molecule has 0 atom stereocenters. The van der Waals surface area contributed by atoms with Gasteiger partial charge in [0.05, 0.1) is 15.8 Å². The highest BCUT2D eigenvalue weighted by atomic mass is 32.2. The summed E-state index contributed by atoms with van der Waals surface area (Å²) in [4.78, 5) is 3.31. The van der Waals surface area contributed by atoms with Crippen LogP contribution >= 0.6 is 11.3 Å². The summed E-state index contributed by atoms with van der Waals surface area (Å²) in [6.45, 7) is 1.24. The van der Waals surface area contributed by atoms with Gasteiger partial charge in [-0.15, -0.1) is 10.2 Å². The van der Waals surface area contributed by atoms with Crippen molar-refractivity contribution >= 4 is 46.7 Å². The summed E-state index contributed by atoms with van der Waals surface area (Å²) >= 11 is 1.27. The summed E-state index contributed by atoms with van der Waals surface area (Å²) in [5.41, 5.74) is 7.16. The smallest absolute Gasteiger partial charge is 0.244 e. The normalized spacial score (nSPS) is 15.7. The molecule has 0 saturated carbocycles. The highest BCUT2D eigenvalue weighted by Gasteiger charge is 2.36. The van der Waals surface area contributed by atoms with E-state index >= 15 is 0 Å². The number of benzene rings is 2. The SMILES string of the molecule is Nc1nc2c(-c3ccc(S(=O)(=O)N4CCNCC4)c(S(N)(=O)=O)c3-c3nn[nH]n3)cccc2s1. The van der Waals surface area contributed by atoms with Crippen molar-refractivity contribution in [2.24, 2.45) is 5.14 Å². The van der Waals surface area contributed by atoms with Crippen molar-refractivity contribution in [1.82, 2.24) is 35.2 Å². The Kier molecular flexibility index (Phi) is 5.58. The average molecular weight is 522 g/mol. The molecule has 0 unspecified atom stereocenters. The van der Waals surface area contributed by atoms with E-state index < -0.39 is 29.8 Å². The molecule has 0 amide bonds. The number of nitrogens with zero attached hydrogens (tertiary/aromatic N) is 5. The molecule has 1 aliphatic rings. The zero-order valence-corrected chi connectivity index (χ0v) is 19.9. The van der Waals surface area contributed by atoms with Gasteiger partial charge in [-0.05, 0) is 22.9 Å². The number of sulfonamides is 2. The van der Waals surface area contributed by atoms with E-state index in [1.165, 1.54) is 27.8 Å². The molecule has 0 aliphatic carbocycles. The molecule has 16 heteroatoms. The first-order chi connectivity index (χ1) is 16.2. The molecule has 1 saturated heterocycles. The minimum atomic E-state index is -4.58. The quantitative estimate of drug-likeness (QED) is 0.276. The van der Waals surface area contributed by atoms with Crippen molar-refractivity contribution in [2.75, 3.05) is 31.9 Å². The van der Waals surface area contributed by atoms with Crippen LogP contribution in [-0.2, 0) is 20.0 Å². The van der Waals surface area contributed by atoms with Gasteiger partial charge >= 0.3 is 0 Å². The van der Waals surface area contributed by atoms with Crippen LogP contribution in [0.25, 0.3) is 32.7 Å². The van der Waals surface area contributed by atoms with Gasteiger partial charge in [0.1, 0.15) is 9.79 Å². The third-order valence-electron chi connectivity index (χ3n) is 5.39. The zero-order chi connectivity index (χ0) is 24.1. The van der Waals surface area contributed by atoms with Gasteiger partial charge in [-0.25, -0.2) is 27.0 Å². The Bertz CT molecular complexity index is 1590. The van der Waals surface area contributed by atoms with E-state index in [-0.39, 0.29) is 24.5 Å². The highest BCUT2D eigenvalue weighted by Crippen LogP contribution is 2.42.